The molecule has 0 bridgehead atoms. The first kappa shape index (κ1) is 16.6. The predicted molar refractivity (Wildman–Crippen MR) is 74.4 cm³/mol. The fraction of sp³-hybridized carbons (Fsp3) is 0.357. The van der Waals surface area contributed by atoms with Crippen molar-refractivity contribution in [3.05, 3.63) is 35.9 Å². The van der Waals surface area contributed by atoms with Gasteiger partial charge in [0.05, 0.1) is 13.2 Å². The van der Waals surface area contributed by atoms with E-state index in [1.807, 2.05) is 0 Å². The molecule has 0 aromatic heterocycles. The molecule has 0 aliphatic heterocycles. The quantitative estimate of drug-likeness (QED) is 0.586. The minimum Gasteiger partial charge on any atom is -0.465 e. The summed E-state index contributed by atoms with van der Waals surface area (Å²) >= 11 is 0. The molecule has 1 aromatic carbocycles. The lowest BCUT2D eigenvalue weighted by Gasteiger charge is -2.15. The Labute approximate surface area is 122 Å². The van der Waals surface area contributed by atoms with Gasteiger partial charge in [-0.25, -0.2) is 0 Å². The third kappa shape index (κ3) is 5.62. The number of carbonyl (C=O) groups excluding carboxylic acids is 3. The predicted octanol–water partition coefficient (Wildman–Crippen LogP) is -0.543. The first-order chi connectivity index (χ1) is 10.1. The number of aliphatic hydroxyl groups excluding tert-OH is 1. The monoisotopic (exact) mass is 294 g/mol. The molecule has 0 spiro atoms. The van der Waals surface area contributed by atoms with Crippen LogP contribution in [-0.4, -0.2) is 48.7 Å². The van der Waals surface area contributed by atoms with Crippen molar-refractivity contribution in [2.24, 2.45) is 0 Å². The second-order valence-corrected chi connectivity index (χ2v) is 4.10. The van der Waals surface area contributed by atoms with Crippen LogP contribution in [0.1, 0.15) is 17.3 Å². The molecule has 0 aliphatic rings. The highest BCUT2D eigenvalue weighted by atomic mass is 16.5. The third-order valence-corrected chi connectivity index (χ3v) is 2.55. The lowest BCUT2D eigenvalue weighted by Crippen LogP contribution is -2.50. The highest BCUT2D eigenvalue weighted by molar-refractivity contribution is 5.97. The molecule has 0 saturated heterocycles. The molecule has 114 valence electrons. The van der Waals surface area contributed by atoms with Crippen LogP contribution in [-0.2, 0) is 14.3 Å². The first-order valence-corrected chi connectivity index (χ1v) is 6.48. The summed E-state index contributed by atoms with van der Waals surface area (Å²) in [5.74, 6) is -1.73. The third-order valence-electron chi connectivity index (χ3n) is 2.55. The maximum absolute atomic E-state index is 11.9. The number of hydrogen-bond donors (Lipinski definition) is 3. The highest BCUT2D eigenvalue weighted by Crippen LogP contribution is 1.99. The normalized spacial score (nSPS) is 11.3. The molecule has 0 saturated carbocycles. The molecule has 0 fully saturated rings. The molecule has 0 aliphatic carbocycles. The summed E-state index contributed by atoms with van der Waals surface area (Å²) in [7, 11) is 0. The molecular weight excluding hydrogens is 276 g/mol. The van der Waals surface area contributed by atoms with Gasteiger partial charge in [-0.3, -0.25) is 14.4 Å². The van der Waals surface area contributed by atoms with Crippen LogP contribution in [0.3, 0.4) is 0 Å². The summed E-state index contributed by atoms with van der Waals surface area (Å²) in [4.78, 5) is 34.7. The minimum atomic E-state index is -1.13. The zero-order chi connectivity index (χ0) is 15.7. The maximum Gasteiger partial charge on any atom is 0.325 e. The number of ether oxygens (including phenoxy) is 1. The SMILES string of the molecule is CCOC(=O)CNC(=O)[C@@H](CO)NC(=O)c1ccccc1. The molecule has 1 aromatic rings. The molecule has 21 heavy (non-hydrogen) atoms. The molecule has 1 atom stereocenters. The van der Waals surface area contributed by atoms with Gasteiger partial charge in [-0.1, -0.05) is 18.2 Å². The van der Waals surface area contributed by atoms with E-state index < -0.39 is 30.4 Å². The van der Waals surface area contributed by atoms with Crippen molar-refractivity contribution in [1.82, 2.24) is 10.6 Å². The van der Waals surface area contributed by atoms with Gasteiger partial charge in [-0.15, -0.1) is 0 Å². The van der Waals surface area contributed by atoms with Gasteiger partial charge in [0.25, 0.3) is 5.91 Å². The largest absolute Gasteiger partial charge is 0.465 e. The number of benzene rings is 1. The van der Waals surface area contributed by atoms with Crippen LogP contribution in [0.25, 0.3) is 0 Å². The van der Waals surface area contributed by atoms with Crippen LogP contribution in [0.5, 0.6) is 0 Å². The smallest absolute Gasteiger partial charge is 0.325 e. The fourth-order valence-corrected chi connectivity index (χ4v) is 1.52. The Morgan fingerprint density at radius 3 is 2.48 bits per heavy atom. The highest BCUT2D eigenvalue weighted by Gasteiger charge is 2.21. The zero-order valence-corrected chi connectivity index (χ0v) is 11.7. The van der Waals surface area contributed by atoms with E-state index in [0.29, 0.717) is 5.56 Å². The van der Waals surface area contributed by atoms with Crippen LogP contribution >= 0.6 is 0 Å². The standard InChI is InChI=1S/C14H18N2O5/c1-2-21-12(18)8-15-14(20)11(9-17)16-13(19)10-6-4-3-5-7-10/h3-7,11,17H,2,8-9H2,1H3,(H,15,20)(H,16,19)/t11-/m1/s1. The van der Waals surface area contributed by atoms with E-state index in [4.69, 9.17) is 5.11 Å². The molecule has 0 radical (unpaired) electrons. The average molecular weight is 294 g/mol. The van der Waals surface area contributed by atoms with E-state index in [1.165, 1.54) is 0 Å². The number of esters is 1. The molecule has 1 rings (SSSR count). The lowest BCUT2D eigenvalue weighted by atomic mass is 10.2. The van der Waals surface area contributed by atoms with Gasteiger partial charge in [0.2, 0.25) is 5.91 Å². The van der Waals surface area contributed by atoms with Gasteiger partial charge >= 0.3 is 5.97 Å². The van der Waals surface area contributed by atoms with Crippen molar-refractivity contribution in [2.75, 3.05) is 19.8 Å². The molecule has 7 nitrogen and oxygen atoms in total. The van der Waals surface area contributed by atoms with Crippen LogP contribution < -0.4 is 10.6 Å². The van der Waals surface area contributed by atoms with Gasteiger partial charge in [0, 0.05) is 5.56 Å². The average Bonchev–Trinajstić information content (AvgIpc) is 2.51. The van der Waals surface area contributed by atoms with Gasteiger partial charge < -0.3 is 20.5 Å². The Balaban J connectivity index is 2.52. The summed E-state index contributed by atoms with van der Waals surface area (Å²) in [6, 6.07) is 7.16. The Hall–Kier alpha value is -2.41. The maximum atomic E-state index is 11.9. The number of nitrogens with one attached hydrogen (secondary N) is 2. The summed E-state index contributed by atoms with van der Waals surface area (Å²) in [5, 5.41) is 13.8. The number of amides is 2. The van der Waals surface area contributed by atoms with E-state index in [1.54, 1.807) is 37.3 Å². The van der Waals surface area contributed by atoms with Crippen LogP contribution in [0.15, 0.2) is 30.3 Å². The van der Waals surface area contributed by atoms with Gasteiger partial charge in [0.15, 0.2) is 0 Å². The lowest BCUT2D eigenvalue weighted by molar-refractivity contribution is -0.143. The van der Waals surface area contributed by atoms with Gasteiger partial charge in [0.1, 0.15) is 12.6 Å². The Bertz CT molecular complexity index is 489. The topological polar surface area (TPSA) is 105 Å². The second kappa shape index (κ2) is 8.70. The van der Waals surface area contributed by atoms with Crippen LogP contribution in [0, 0.1) is 0 Å². The second-order valence-electron chi connectivity index (χ2n) is 4.10. The minimum absolute atomic E-state index is 0.211. The molecular formula is C14H18N2O5. The number of hydrogen-bond acceptors (Lipinski definition) is 5. The summed E-state index contributed by atoms with van der Waals surface area (Å²) < 4.78 is 4.65. The fourth-order valence-electron chi connectivity index (χ4n) is 1.52. The summed E-state index contributed by atoms with van der Waals surface area (Å²) in [5.41, 5.74) is 0.370. The Morgan fingerprint density at radius 1 is 1.24 bits per heavy atom. The number of carbonyl (C=O) groups is 3. The van der Waals surface area contributed by atoms with E-state index in [2.05, 4.69) is 15.4 Å². The molecule has 0 heterocycles. The van der Waals surface area contributed by atoms with Crippen LogP contribution in [0.4, 0.5) is 0 Å². The van der Waals surface area contributed by atoms with E-state index >= 15 is 0 Å². The number of aliphatic hydroxyl groups is 1. The molecule has 0 unspecified atom stereocenters. The van der Waals surface area contributed by atoms with E-state index in [9.17, 15) is 14.4 Å². The van der Waals surface area contributed by atoms with E-state index in [0.717, 1.165) is 0 Å². The molecule has 2 amide bonds. The van der Waals surface area contributed by atoms with Crippen molar-refractivity contribution in [1.29, 1.82) is 0 Å². The van der Waals surface area contributed by atoms with Crippen molar-refractivity contribution < 1.29 is 24.2 Å². The van der Waals surface area contributed by atoms with Crippen molar-refractivity contribution in [3.63, 3.8) is 0 Å². The molecule has 7 heteroatoms. The van der Waals surface area contributed by atoms with Crippen molar-refractivity contribution >= 4 is 17.8 Å². The van der Waals surface area contributed by atoms with Crippen LogP contribution in [0.2, 0.25) is 0 Å². The summed E-state index contributed by atoms with van der Waals surface area (Å²) in [6.07, 6.45) is 0. The van der Waals surface area contributed by atoms with Gasteiger partial charge in [-0.2, -0.15) is 0 Å². The zero-order valence-electron chi connectivity index (χ0n) is 11.7. The van der Waals surface area contributed by atoms with E-state index in [-0.39, 0.29) is 13.2 Å². The Morgan fingerprint density at radius 2 is 1.90 bits per heavy atom. The Kier molecular flexibility index (Phi) is 6.90. The van der Waals surface area contributed by atoms with Crippen molar-refractivity contribution in [2.45, 2.75) is 13.0 Å². The van der Waals surface area contributed by atoms with Gasteiger partial charge in [-0.05, 0) is 19.1 Å². The summed E-state index contributed by atoms with van der Waals surface area (Å²) in [6.45, 7) is 0.969. The number of rotatable bonds is 7. The first-order valence-electron chi connectivity index (χ1n) is 6.48. The molecule has 3 N–H and O–H groups in total. The van der Waals surface area contributed by atoms with Crippen molar-refractivity contribution in [3.8, 4) is 0 Å².